The summed E-state index contributed by atoms with van der Waals surface area (Å²) in [4.78, 5) is 6.94. The minimum absolute atomic E-state index is 0.291. The lowest BCUT2D eigenvalue weighted by Crippen LogP contribution is -2.47. The molecule has 0 aliphatic heterocycles. The van der Waals surface area contributed by atoms with E-state index in [2.05, 4.69) is 46.6 Å². The Balaban J connectivity index is 2.06. The molecule has 4 heteroatoms. The molecule has 2 rings (SSSR count). The van der Waals surface area contributed by atoms with E-state index in [4.69, 9.17) is 0 Å². The molecular formula is C15H26N4. The molecule has 0 aromatic carbocycles. The van der Waals surface area contributed by atoms with Gasteiger partial charge < -0.3 is 14.8 Å². The van der Waals surface area contributed by atoms with Crippen LogP contribution in [0.1, 0.15) is 31.4 Å². The largest absolute Gasteiger partial charge is 0.354 e. The molecule has 1 heterocycles. The van der Waals surface area contributed by atoms with Crippen LogP contribution in [0.2, 0.25) is 0 Å². The molecule has 1 aliphatic carbocycles. The fourth-order valence-electron chi connectivity index (χ4n) is 3.02. The number of rotatable bonds is 6. The summed E-state index contributed by atoms with van der Waals surface area (Å²) in [5.41, 5.74) is 1.34. The molecule has 0 radical (unpaired) electrons. The number of aryl methyl sites for hydroxylation is 1. The number of imidazole rings is 1. The highest BCUT2D eigenvalue weighted by Gasteiger charge is 2.35. The van der Waals surface area contributed by atoms with E-state index < -0.39 is 0 Å². The SMILES string of the molecule is C=CCn1cc(C)nc1NCC1(N(C)C)CCCC1. The van der Waals surface area contributed by atoms with E-state index in [0.717, 1.165) is 24.7 Å². The van der Waals surface area contributed by atoms with Crippen molar-refractivity contribution in [1.82, 2.24) is 14.5 Å². The molecule has 1 N–H and O–H groups in total. The topological polar surface area (TPSA) is 33.1 Å². The van der Waals surface area contributed by atoms with E-state index in [1.54, 1.807) is 0 Å². The second-order valence-corrected chi connectivity index (χ2v) is 5.83. The van der Waals surface area contributed by atoms with Gasteiger partial charge in [-0.2, -0.15) is 0 Å². The molecule has 0 amide bonds. The van der Waals surface area contributed by atoms with E-state index in [1.807, 2.05) is 13.0 Å². The standard InChI is InChI=1S/C15H26N4/c1-5-10-19-11-13(2)17-14(19)16-12-15(18(3)4)8-6-7-9-15/h5,11H,1,6-10,12H2,2-4H3,(H,16,17). The number of nitrogens with zero attached hydrogens (tertiary/aromatic N) is 3. The molecule has 0 bridgehead atoms. The van der Waals surface area contributed by atoms with Gasteiger partial charge in [-0.15, -0.1) is 6.58 Å². The van der Waals surface area contributed by atoms with Gasteiger partial charge in [0.1, 0.15) is 0 Å². The average molecular weight is 262 g/mol. The van der Waals surface area contributed by atoms with Gasteiger partial charge in [0.15, 0.2) is 0 Å². The maximum atomic E-state index is 4.57. The highest BCUT2D eigenvalue weighted by molar-refractivity contribution is 5.30. The van der Waals surface area contributed by atoms with Crippen LogP contribution in [0.4, 0.5) is 5.95 Å². The fraction of sp³-hybridized carbons (Fsp3) is 0.667. The minimum Gasteiger partial charge on any atom is -0.354 e. The summed E-state index contributed by atoms with van der Waals surface area (Å²) >= 11 is 0. The van der Waals surface area contributed by atoms with E-state index in [0.29, 0.717) is 5.54 Å². The molecule has 1 aromatic rings. The molecule has 106 valence electrons. The van der Waals surface area contributed by atoms with Gasteiger partial charge in [0, 0.05) is 24.8 Å². The van der Waals surface area contributed by atoms with Gasteiger partial charge in [0.25, 0.3) is 0 Å². The van der Waals surface area contributed by atoms with Gasteiger partial charge in [-0.1, -0.05) is 18.9 Å². The van der Waals surface area contributed by atoms with E-state index in [9.17, 15) is 0 Å². The third-order valence-electron chi connectivity index (χ3n) is 4.28. The number of likely N-dealkylation sites (N-methyl/N-ethyl adjacent to an activating group) is 1. The van der Waals surface area contributed by atoms with Crippen LogP contribution in [0.25, 0.3) is 0 Å². The van der Waals surface area contributed by atoms with Crippen LogP contribution >= 0.6 is 0 Å². The zero-order chi connectivity index (χ0) is 13.9. The van der Waals surface area contributed by atoms with Crippen molar-refractivity contribution in [2.24, 2.45) is 0 Å². The van der Waals surface area contributed by atoms with E-state index in [1.165, 1.54) is 25.7 Å². The molecule has 0 unspecified atom stereocenters. The van der Waals surface area contributed by atoms with Crippen molar-refractivity contribution in [2.45, 2.75) is 44.7 Å². The summed E-state index contributed by atoms with van der Waals surface area (Å²) in [6.45, 7) is 7.60. The lowest BCUT2D eigenvalue weighted by Gasteiger charge is -2.36. The number of anilines is 1. The van der Waals surface area contributed by atoms with Crippen molar-refractivity contribution >= 4 is 5.95 Å². The first-order valence-corrected chi connectivity index (χ1v) is 7.13. The van der Waals surface area contributed by atoms with Crippen molar-refractivity contribution in [3.8, 4) is 0 Å². The summed E-state index contributed by atoms with van der Waals surface area (Å²) in [6, 6.07) is 0. The molecule has 0 atom stereocenters. The Morgan fingerprint density at radius 2 is 2.16 bits per heavy atom. The Morgan fingerprint density at radius 3 is 2.74 bits per heavy atom. The molecule has 4 nitrogen and oxygen atoms in total. The van der Waals surface area contributed by atoms with Gasteiger partial charge in [-0.05, 0) is 33.9 Å². The third kappa shape index (κ3) is 3.00. The first kappa shape index (κ1) is 14.1. The van der Waals surface area contributed by atoms with Crippen molar-refractivity contribution < 1.29 is 0 Å². The van der Waals surface area contributed by atoms with Crippen LogP contribution < -0.4 is 5.32 Å². The first-order valence-electron chi connectivity index (χ1n) is 7.13. The molecular weight excluding hydrogens is 236 g/mol. The maximum Gasteiger partial charge on any atom is 0.203 e. The van der Waals surface area contributed by atoms with Crippen molar-refractivity contribution in [3.63, 3.8) is 0 Å². The fourth-order valence-corrected chi connectivity index (χ4v) is 3.02. The Labute approximate surface area is 116 Å². The Hall–Kier alpha value is -1.29. The Morgan fingerprint density at radius 1 is 1.47 bits per heavy atom. The maximum absolute atomic E-state index is 4.57. The van der Waals surface area contributed by atoms with Gasteiger partial charge in [-0.25, -0.2) is 4.98 Å². The normalized spacial score (nSPS) is 17.9. The predicted octanol–water partition coefficient (Wildman–Crippen LogP) is 2.66. The number of allylic oxidation sites excluding steroid dienone is 1. The molecule has 19 heavy (non-hydrogen) atoms. The monoisotopic (exact) mass is 262 g/mol. The van der Waals surface area contributed by atoms with Crippen LogP contribution in [0, 0.1) is 6.92 Å². The highest BCUT2D eigenvalue weighted by Crippen LogP contribution is 2.33. The number of nitrogens with one attached hydrogen (secondary N) is 1. The summed E-state index contributed by atoms with van der Waals surface area (Å²) in [5, 5.41) is 3.55. The zero-order valence-electron chi connectivity index (χ0n) is 12.4. The van der Waals surface area contributed by atoms with Crippen LogP contribution in [0.15, 0.2) is 18.9 Å². The van der Waals surface area contributed by atoms with Crippen molar-refractivity contribution in [1.29, 1.82) is 0 Å². The zero-order valence-corrected chi connectivity index (χ0v) is 12.4. The number of hydrogen-bond donors (Lipinski definition) is 1. The second kappa shape index (κ2) is 5.78. The molecule has 0 spiro atoms. The van der Waals surface area contributed by atoms with Crippen molar-refractivity contribution in [2.75, 3.05) is 26.0 Å². The van der Waals surface area contributed by atoms with Crippen LogP contribution in [0.5, 0.6) is 0 Å². The van der Waals surface area contributed by atoms with Crippen LogP contribution in [0.3, 0.4) is 0 Å². The quantitative estimate of drug-likeness (QED) is 0.800. The molecule has 1 aliphatic rings. The molecule has 0 saturated heterocycles. The summed E-state index contributed by atoms with van der Waals surface area (Å²) < 4.78 is 2.13. The lowest BCUT2D eigenvalue weighted by molar-refractivity contribution is 0.172. The predicted molar refractivity (Wildman–Crippen MR) is 80.5 cm³/mol. The third-order valence-corrected chi connectivity index (χ3v) is 4.28. The van der Waals surface area contributed by atoms with E-state index in [-0.39, 0.29) is 0 Å². The van der Waals surface area contributed by atoms with E-state index >= 15 is 0 Å². The Bertz CT molecular complexity index is 427. The summed E-state index contributed by atoms with van der Waals surface area (Å²) in [5.74, 6) is 0.963. The summed E-state index contributed by atoms with van der Waals surface area (Å²) in [6.07, 6.45) is 9.19. The average Bonchev–Trinajstić information content (AvgIpc) is 2.95. The summed E-state index contributed by atoms with van der Waals surface area (Å²) in [7, 11) is 4.38. The second-order valence-electron chi connectivity index (χ2n) is 5.83. The van der Waals surface area contributed by atoms with Gasteiger partial charge >= 0.3 is 0 Å². The van der Waals surface area contributed by atoms with Gasteiger partial charge in [-0.3, -0.25) is 0 Å². The first-order chi connectivity index (χ1) is 9.07. The minimum atomic E-state index is 0.291. The molecule has 1 aromatic heterocycles. The van der Waals surface area contributed by atoms with Crippen LogP contribution in [-0.2, 0) is 6.54 Å². The highest BCUT2D eigenvalue weighted by atomic mass is 15.2. The number of hydrogen-bond acceptors (Lipinski definition) is 3. The lowest BCUT2D eigenvalue weighted by atomic mass is 9.96. The molecule has 1 fully saturated rings. The smallest absolute Gasteiger partial charge is 0.203 e. The van der Waals surface area contributed by atoms with Crippen molar-refractivity contribution in [3.05, 3.63) is 24.5 Å². The van der Waals surface area contributed by atoms with Gasteiger partial charge in [0.2, 0.25) is 5.95 Å². The Kier molecular flexibility index (Phi) is 4.30. The van der Waals surface area contributed by atoms with Crippen LogP contribution in [-0.4, -0.2) is 40.6 Å². The van der Waals surface area contributed by atoms with Gasteiger partial charge in [0.05, 0.1) is 5.69 Å². The molecule has 1 saturated carbocycles. The number of aromatic nitrogens is 2.